The number of hydrogen-bond acceptors (Lipinski definition) is 4. The van der Waals surface area contributed by atoms with Gasteiger partial charge in [-0.15, -0.1) is 0 Å². The number of anilines is 2. The van der Waals surface area contributed by atoms with E-state index in [4.69, 9.17) is 10.5 Å². The van der Waals surface area contributed by atoms with Crippen LogP contribution in [-0.4, -0.2) is 31.6 Å². The van der Waals surface area contributed by atoms with Gasteiger partial charge >= 0.3 is 0 Å². The summed E-state index contributed by atoms with van der Waals surface area (Å²) in [6, 6.07) is 14.3. The lowest BCUT2D eigenvalue weighted by Gasteiger charge is -2.16. The molecule has 0 amide bonds. The SMILES string of the molecule is COc1cc(CNc2ccccc2N)ccc1CCN1CCCC1. The van der Waals surface area contributed by atoms with Crippen molar-refractivity contribution in [3.05, 3.63) is 53.6 Å². The molecule has 24 heavy (non-hydrogen) atoms. The maximum absolute atomic E-state index is 5.97. The Kier molecular flexibility index (Phi) is 5.59. The Morgan fingerprint density at radius 3 is 2.67 bits per heavy atom. The second-order valence-electron chi connectivity index (χ2n) is 6.39. The summed E-state index contributed by atoms with van der Waals surface area (Å²) in [5.74, 6) is 0.981. The van der Waals surface area contributed by atoms with Crippen molar-refractivity contribution in [3.8, 4) is 5.75 Å². The number of hydrogen-bond donors (Lipinski definition) is 2. The molecule has 0 radical (unpaired) electrons. The van der Waals surface area contributed by atoms with Gasteiger partial charge in [0.15, 0.2) is 0 Å². The first-order chi connectivity index (χ1) is 11.8. The van der Waals surface area contributed by atoms with Crippen molar-refractivity contribution in [2.75, 3.05) is 37.8 Å². The Labute approximate surface area is 144 Å². The molecule has 1 aliphatic heterocycles. The number of para-hydroxylation sites is 2. The summed E-state index contributed by atoms with van der Waals surface area (Å²) in [5, 5.41) is 3.39. The maximum Gasteiger partial charge on any atom is 0.122 e. The number of ether oxygens (including phenoxy) is 1. The summed E-state index contributed by atoms with van der Waals surface area (Å²) in [6.45, 7) is 4.33. The van der Waals surface area contributed by atoms with Gasteiger partial charge in [-0.25, -0.2) is 0 Å². The third-order valence-electron chi connectivity index (χ3n) is 4.69. The third-order valence-corrected chi connectivity index (χ3v) is 4.69. The van der Waals surface area contributed by atoms with Crippen LogP contribution in [0.4, 0.5) is 11.4 Å². The minimum Gasteiger partial charge on any atom is -0.496 e. The summed E-state index contributed by atoms with van der Waals surface area (Å²) < 4.78 is 5.61. The second-order valence-corrected chi connectivity index (χ2v) is 6.39. The van der Waals surface area contributed by atoms with Gasteiger partial charge in [0, 0.05) is 13.1 Å². The van der Waals surface area contributed by atoms with Crippen LogP contribution in [0.15, 0.2) is 42.5 Å². The first-order valence-electron chi connectivity index (χ1n) is 8.73. The Morgan fingerprint density at radius 2 is 1.92 bits per heavy atom. The van der Waals surface area contributed by atoms with Gasteiger partial charge in [-0.05, 0) is 61.7 Å². The fourth-order valence-corrected chi connectivity index (χ4v) is 3.25. The van der Waals surface area contributed by atoms with Crippen molar-refractivity contribution >= 4 is 11.4 Å². The van der Waals surface area contributed by atoms with Crippen LogP contribution in [-0.2, 0) is 13.0 Å². The highest BCUT2D eigenvalue weighted by atomic mass is 16.5. The fraction of sp³-hybridized carbons (Fsp3) is 0.400. The van der Waals surface area contributed by atoms with Crippen LogP contribution >= 0.6 is 0 Å². The minimum atomic E-state index is 0.733. The number of nitrogens with zero attached hydrogens (tertiary/aromatic N) is 1. The molecular weight excluding hydrogens is 298 g/mol. The molecule has 0 aromatic heterocycles. The molecule has 3 rings (SSSR count). The number of methoxy groups -OCH3 is 1. The number of nitrogens with one attached hydrogen (secondary N) is 1. The van der Waals surface area contributed by atoms with E-state index in [2.05, 4.69) is 28.4 Å². The number of nitrogen functional groups attached to an aromatic ring is 1. The molecule has 0 saturated carbocycles. The quantitative estimate of drug-likeness (QED) is 0.765. The van der Waals surface area contributed by atoms with Crippen molar-refractivity contribution in [2.45, 2.75) is 25.8 Å². The topological polar surface area (TPSA) is 50.5 Å². The Bertz CT molecular complexity index is 666. The van der Waals surface area contributed by atoms with Crippen molar-refractivity contribution in [1.29, 1.82) is 0 Å². The van der Waals surface area contributed by atoms with Crippen LogP contribution in [0.2, 0.25) is 0 Å². The lowest BCUT2D eigenvalue weighted by molar-refractivity contribution is 0.339. The number of likely N-dealkylation sites (tertiary alicyclic amines) is 1. The number of nitrogens with two attached hydrogens (primary N) is 1. The van der Waals surface area contributed by atoms with Gasteiger partial charge < -0.3 is 20.7 Å². The molecule has 0 aliphatic carbocycles. The van der Waals surface area contributed by atoms with Gasteiger partial charge in [0.1, 0.15) is 5.75 Å². The zero-order valence-corrected chi connectivity index (χ0v) is 14.4. The predicted octanol–water partition coefficient (Wildman–Crippen LogP) is 3.53. The van der Waals surface area contributed by atoms with Gasteiger partial charge in [-0.2, -0.15) is 0 Å². The van der Waals surface area contributed by atoms with Crippen molar-refractivity contribution in [3.63, 3.8) is 0 Å². The van der Waals surface area contributed by atoms with Crippen molar-refractivity contribution in [2.24, 2.45) is 0 Å². The van der Waals surface area contributed by atoms with E-state index in [-0.39, 0.29) is 0 Å². The van der Waals surface area contributed by atoms with Gasteiger partial charge in [-0.3, -0.25) is 0 Å². The third kappa shape index (κ3) is 4.20. The zero-order valence-electron chi connectivity index (χ0n) is 14.4. The summed E-state index contributed by atoms with van der Waals surface area (Å²) >= 11 is 0. The van der Waals surface area contributed by atoms with E-state index in [9.17, 15) is 0 Å². The van der Waals surface area contributed by atoms with E-state index in [1.807, 2.05) is 24.3 Å². The molecule has 128 valence electrons. The summed E-state index contributed by atoms with van der Waals surface area (Å²) in [4.78, 5) is 2.53. The van der Waals surface area contributed by atoms with Gasteiger partial charge in [0.2, 0.25) is 0 Å². The molecule has 2 aromatic carbocycles. The average molecular weight is 325 g/mol. The molecule has 1 saturated heterocycles. The molecular formula is C20H27N3O. The van der Waals surface area contributed by atoms with Gasteiger partial charge in [-0.1, -0.05) is 24.3 Å². The fourth-order valence-electron chi connectivity index (χ4n) is 3.25. The summed E-state index contributed by atoms with van der Waals surface area (Å²) in [5.41, 5.74) is 10.2. The van der Waals surface area contributed by atoms with Crippen LogP contribution in [0.3, 0.4) is 0 Å². The maximum atomic E-state index is 5.97. The van der Waals surface area contributed by atoms with E-state index < -0.39 is 0 Å². The number of benzene rings is 2. The molecule has 0 spiro atoms. The van der Waals surface area contributed by atoms with E-state index >= 15 is 0 Å². The molecule has 3 N–H and O–H groups in total. The molecule has 1 fully saturated rings. The molecule has 1 aliphatic rings. The van der Waals surface area contributed by atoms with Crippen LogP contribution in [0.1, 0.15) is 24.0 Å². The van der Waals surface area contributed by atoms with Crippen LogP contribution < -0.4 is 15.8 Å². The normalized spacial score (nSPS) is 14.7. The van der Waals surface area contributed by atoms with Gasteiger partial charge in [0.25, 0.3) is 0 Å². The lowest BCUT2D eigenvalue weighted by atomic mass is 10.1. The Hall–Kier alpha value is -2.20. The van der Waals surface area contributed by atoms with Gasteiger partial charge in [0.05, 0.1) is 18.5 Å². The Balaban J connectivity index is 1.61. The predicted molar refractivity (Wildman–Crippen MR) is 101 cm³/mol. The first-order valence-corrected chi connectivity index (χ1v) is 8.73. The summed E-state index contributed by atoms with van der Waals surface area (Å²) in [7, 11) is 1.75. The molecule has 0 bridgehead atoms. The van der Waals surface area contributed by atoms with Crippen LogP contribution in [0.25, 0.3) is 0 Å². The molecule has 0 unspecified atom stereocenters. The average Bonchev–Trinajstić information content (AvgIpc) is 3.13. The number of rotatable bonds is 7. The van der Waals surface area contributed by atoms with E-state index in [0.29, 0.717) is 0 Å². The molecule has 4 nitrogen and oxygen atoms in total. The van der Waals surface area contributed by atoms with E-state index in [1.54, 1.807) is 7.11 Å². The molecule has 4 heteroatoms. The monoisotopic (exact) mass is 325 g/mol. The van der Waals surface area contributed by atoms with Crippen LogP contribution in [0, 0.1) is 0 Å². The standard InChI is InChI=1S/C20H27N3O/c1-24-20-14-16(15-22-19-7-3-2-6-18(19)21)8-9-17(20)10-13-23-11-4-5-12-23/h2-3,6-9,14,22H,4-5,10-13,15,21H2,1H3. The highest BCUT2D eigenvalue weighted by Gasteiger charge is 2.12. The van der Waals surface area contributed by atoms with Crippen LogP contribution in [0.5, 0.6) is 5.75 Å². The van der Waals surface area contributed by atoms with E-state index in [0.717, 1.165) is 36.6 Å². The zero-order chi connectivity index (χ0) is 16.8. The lowest BCUT2D eigenvalue weighted by Crippen LogP contribution is -2.22. The Morgan fingerprint density at radius 1 is 1.12 bits per heavy atom. The molecule has 1 heterocycles. The highest BCUT2D eigenvalue weighted by Crippen LogP contribution is 2.23. The largest absolute Gasteiger partial charge is 0.496 e. The molecule has 2 aromatic rings. The van der Waals surface area contributed by atoms with E-state index in [1.165, 1.54) is 37.1 Å². The smallest absolute Gasteiger partial charge is 0.122 e. The van der Waals surface area contributed by atoms with Crippen molar-refractivity contribution < 1.29 is 4.74 Å². The summed E-state index contributed by atoms with van der Waals surface area (Å²) in [6.07, 6.45) is 3.72. The minimum absolute atomic E-state index is 0.733. The first kappa shape index (κ1) is 16.7. The van der Waals surface area contributed by atoms with Crippen molar-refractivity contribution in [1.82, 2.24) is 4.90 Å². The molecule has 0 atom stereocenters. The highest BCUT2D eigenvalue weighted by molar-refractivity contribution is 5.65. The second kappa shape index (κ2) is 8.06.